The van der Waals surface area contributed by atoms with Crippen molar-refractivity contribution in [3.05, 3.63) is 0 Å². The summed E-state index contributed by atoms with van der Waals surface area (Å²) in [4.78, 5) is 36.0. The molecule has 0 amide bonds. The number of esters is 2. The minimum absolute atomic E-state index is 0.109. The Labute approximate surface area is 163 Å². The predicted octanol–water partition coefficient (Wildman–Crippen LogP) is 3.38. The Morgan fingerprint density at radius 1 is 0.889 bits per heavy atom. The molecule has 27 heavy (non-hydrogen) atoms. The van der Waals surface area contributed by atoms with Crippen LogP contribution in [0.25, 0.3) is 0 Å². The molecule has 0 spiro atoms. The lowest BCUT2D eigenvalue weighted by Gasteiger charge is -2.44. The Bertz CT molecular complexity index is 545. The highest BCUT2D eigenvalue weighted by Crippen LogP contribution is 2.43. The summed E-state index contributed by atoms with van der Waals surface area (Å²) in [6, 6.07) is 1.67. The second-order valence-corrected chi connectivity index (χ2v) is 13.0. The van der Waals surface area contributed by atoms with Gasteiger partial charge in [-0.2, -0.15) is 5.26 Å². The van der Waals surface area contributed by atoms with Gasteiger partial charge in [-0.15, -0.1) is 0 Å². The molecular weight excluding hydrogens is 366 g/mol. The Morgan fingerprint density at radius 2 is 1.37 bits per heavy atom. The van der Waals surface area contributed by atoms with E-state index in [4.69, 9.17) is 14.4 Å². The Balaban J connectivity index is 5.77. The fraction of sp³-hybridized carbons (Fsp3) is 0.789. The first-order valence-corrected chi connectivity index (χ1v) is 11.4. The summed E-state index contributed by atoms with van der Waals surface area (Å²) in [5.41, 5.74) is 0.750. The molecule has 154 valence electrons. The van der Waals surface area contributed by atoms with Crippen LogP contribution in [0.1, 0.15) is 54.4 Å². The molecule has 0 aliphatic heterocycles. The van der Waals surface area contributed by atoms with Gasteiger partial charge in [0.1, 0.15) is 0 Å². The van der Waals surface area contributed by atoms with Crippen LogP contribution in [0, 0.1) is 17.2 Å². The van der Waals surface area contributed by atoms with E-state index in [1.165, 1.54) is 7.11 Å². The van der Waals surface area contributed by atoms with Crippen molar-refractivity contribution < 1.29 is 28.3 Å². The van der Waals surface area contributed by atoms with Gasteiger partial charge in [-0.25, -0.2) is 0 Å². The number of hydrogen-bond donors (Lipinski definition) is 0. The first-order chi connectivity index (χ1) is 12.5. The third-order valence-corrected chi connectivity index (χ3v) is 11.2. The summed E-state index contributed by atoms with van der Waals surface area (Å²) in [5.74, 6) is -3.54. The van der Waals surface area contributed by atoms with Gasteiger partial charge in [0.25, 0.3) is 0 Å². The van der Waals surface area contributed by atoms with Gasteiger partial charge in [0.05, 0.1) is 32.8 Å². The normalized spacial score (nSPS) is 14.0. The lowest BCUT2D eigenvalue weighted by atomic mass is 9.99. The molecule has 0 saturated carbocycles. The second-order valence-electron chi connectivity index (χ2n) is 7.59. The maximum Gasteiger partial charge on any atom is 0.330 e. The zero-order chi connectivity index (χ0) is 21.4. The molecule has 0 aromatic rings. The number of hydrogen-bond acceptors (Lipinski definition) is 7. The molecule has 0 aromatic heterocycles. The van der Waals surface area contributed by atoms with E-state index in [-0.39, 0.29) is 29.5 Å². The van der Waals surface area contributed by atoms with Crippen LogP contribution in [0.15, 0.2) is 0 Å². The van der Waals surface area contributed by atoms with Crippen LogP contribution >= 0.6 is 0 Å². The van der Waals surface area contributed by atoms with Crippen LogP contribution in [0.3, 0.4) is 0 Å². The third-order valence-electron chi connectivity index (χ3n) is 5.02. The number of Topliss-reactive ketones (excluding diaryl/α,β-unsaturated/α-hetero) is 1. The van der Waals surface area contributed by atoms with Gasteiger partial charge in [-0.05, 0) is 16.6 Å². The Hall–Kier alpha value is -1.72. The molecular formula is C19H33NO6Si. The highest BCUT2D eigenvalue weighted by atomic mass is 28.4. The average molecular weight is 400 g/mol. The van der Waals surface area contributed by atoms with E-state index < -0.39 is 38.1 Å². The van der Waals surface area contributed by atoms with Gasteiger partial charge in [0, 0.05) is 6.42 Å². The summed E-state index contributed by atoms with van der Waals surface area (Å²) < 4.78 is 15.8. The van der Waals surface area contributed by atoms with Gasteiger partial charge in [-0.3, -0.25) is 14.4 Å². The van der Waals surface area contributed by atoms with E-state index in [1.807, 2.05) is 0 Å². The van der Waals surface area contributed by atoms with E-state index in [2.05, 4.69) is 46.3 Å². The molecule has 0 aliphatic rings. The molecule has 0 heterocycles. The Kier molecular flexibility index (Phi) is 10.5. The van der Waals surface area contributed by atoms with Crippen molar-refractivity contribution in [1.82, 2.24) is 0 Å². The minimum atomic E-state index is -2.38. The zero-order valence-corrected chi connectivity index (χ0v) is 18.7. The molecule has 0 rings (SSSR count). The fourth-order valence-corrected chi connectivity index (χ4v) is 9.40. The van der Waals surface area contributed by atoms with Gasteiger partial charge in [0.15, 0.2) is 5.78 Å². The number of ketones is 1. The quantitative estimate of drug-likeness (QED) is 0.298. The minimum Gasteiger partial charge on any atom is -0.469 e. The SMILES string of the molecule is COC(=O)CC(CC(=O)[C@@H](C#N)C(=O)OC)O[Si](C(C)C)(C(C)C)C(C)C. The van der Waals surface area contributed by atoms with E-state index in [0.717, 1.165) is 7.11 Å². The van der Waals surface area contributed by atoms with E-state index in [1.54, 1.807) is 6.07 Å². The lowest BCUT2D eigenvalue weighted by molar-refractivity contribution is -0.147. The van der Waals surface area contributed by atoms with Crippen LogP contribution < -0.4 is 0 Å². The first-order valence-electron chi connectivity index (χ1n) is 9.22. The van der Waals surface area contributed by atoms with Crippen molar-refractivity contribution in [2.24, 2.45) is 5.92 Å². The number of carbonyl (C=O) groups is 3. The first kappa shape index (κ1) is 25.3. The molecule has 0 fully saturated rings. The number of nitrogens with zero attached hydrogens (tertiary/aromatic N) is 1. The molecule has 8 heteroatoms. The predicted molar refractivity (Wildman–Crippen MR) is 103 cm³/mol. The Morgan fingerprint density at radius 3 is 1.70 bits per heavy atom. The average Bonchev–Trinajstić information content (AvgIpc) is 2.58. The molecule has 0 saturated heterocycles. The van der Waals surface area contributed by atoms with Crippen molar-refractivity contribution in [3.63, 3.8) is 0 Å². The van der Waals surface area contributed by atoms with E-state index in [9.17, 15) is 14.4 Å². The third kappa shape index (κ3) is 6.43. The monoisotopic (exact) mass is 399 g/mol. The van der Waals surface area contributed by atoms with E-state index >= 15 is 0 Å². The van der Waals surface area contributed by atoms with E-state index in [0.29, 0.717) is 0 Å². The van der Waals surface area contributed by atoms with Crippen molar-refractivity contribution in [2.75, 3.05) is 14.2 Å². The number of methoxy groups -OCH3 is 2. The van der Waals surface area contributed by atoms with Gasteiger partial charge < -0.3 is 13.9 Å². The van der Waals surface area contributed by atoms with Crippen LogP contribution in [-0.4, -0.2) is 46.4 Å². The summed E-state index contributed by atoms with van der Waals surface area (Å²) >= 11 is 0. The summed E-state index contributed by atoms with van der Waals surface area (Å²) in [7, 11) is 0.0146. The van der Waals surface area contributed by atoms with Crippen molar-refractivity contribution >= 4 is 26.0 Å². The fourth-order valence-electron chi connectivity index (χ4n) is 3.84. The standard InChI is InChI=1S/C19H33NO6Si/c1-12(2)27(13(3)4,14(5)6)26-15(10-18(22)24-7)9-17(21)16(11-20)19(23)25-8/h12-16H,9-10H2,1-8H3/t15?,16-/m1/s1. The second kappa shape index (κ2) is 11.2. The van der Waals surface area contributed by atoms with Crippen LogP contribution in [-0.2, 0) is 28.3 Å². The lowest BCUT2D eigenvalue weighted by Crippen LogP contribution is -2.51. The number of ether oxygens (including phenoxy) is 2. The smallest absolute Gasteiger partial charge is 0.330 e. The van der Waals surface area contributed by atoms with Crippen LogP contribution in [0.4, 0.5) is 0 Å². The highest BCUT2D eigenvalue weighted by Gasteiger charge is 2.47. The summed E-state index contributed by atoms with van der Waals surface area (Å²) in [5, 5.41) is 9.14. The number of nitriles is 1. The van der Waals surface area contributed by atoms with Crippen molar-refractivity contribution in [2.45, 2.75) is 77.1 Å². The highest BCUT2D eigenvalue weighted by molar-refractivity contribution is 6.77. The largest absolute Gasteiger partial charge is 0.469 e. The van der Waals surface area contributed by atoms with Crippen LogP contribution in [0.5, 0.6) is 0 Å². The molecule has 0 radical (unpaired) electrons. The topological polar surface area (TPSA) is 103 Å². The van der Waals surface area contributed by atoms with Crippen molar-refractivity contribution in [3.8, 4) is 6.07 Å². The number of carbonyl (C=O) groups excluding carboxylic acids is 3. The molecule has 0 bridgehead atoms. The van der Waals surface area contributed by atoms with Gasteiger partial charge >= 0.3 is 11.9 Å². The molecule has 0 aliphatic carbocycles. The molecule has 2 atom stereocenters. The zero-order valence-electron chi connectivity index (χ0n) is 17.7. The summed E-state index contributed by atoms with van der Waals surface area (Å²) in [6.07, 6.45) is -1.07. The maximum absolute atomic E-state index is 12.5. The molecule has 1 unspecified atom stereocenters. The van der Waals surface area contributed by atoms with Gasteiger partial charge in [-0.1, -0.05) is 41.5 Å². The maximum atomic E-state index is 12.5. The van der Waals surface area contributed by atoms with Crippen molar-refractivity contribution in [1.29, 1.82) is 5.26 Å². The van der Waals surface area contributed by atoms with Gasteiger partial charge in [0.2, 0.25) is 14.2 Å². The summed E-state index contributed by atoms with van der Waals surface area (Å²) in [6.45, 7) is 12.6. The molecule has 0 aromatic carbocycles. The number of rotatable bonds is 11. The van der Waals surface area contributed by atoms with Crippen LogP contribution in [0.2, 0.25) is 16.6 Å². The molecule has 7 nitrogen and oxygen atoms in total. The molecule has 0 N–H and O–H groups in total.